The molecule has 1 unspecified atom stereocenters. The average molecular weight is 243 g/mol. The number of nitrogens with one attached hydrogen (secondary N) is 1. The molecule has 2 rings (SSSR count). The van der Waals surface area contributed by atoms with E-state index in [9.17, 15) is 4.79 Å². The Morgan fingerprint density at radius 2 is 2.33 bits per heavy atom. The van der Waals surface area contributed by atoms with Crippen molar-refractivity contribution in [2.75, 3.05) is 6.54 Å². The van der Waals surface area contributed by atoms with Crippen LogP contribution in [0, 0.1) is 17.2 Å². The number of amides is 1. The fraction of sp³-hybridized carbons (Fsp3) is 0.308. The van der Waals surface area contributed by atoms with Gasteiger partial charge in [-0.25, -0.2) is 0 Å². The molecule has 1 aromatic heterocycles. The van der Waals surface area contributed by atoms with Crippen LogP contribution in [0.15, 0.2) is 28.8 Å². The number of nitrogens with zero attached hydrogens (tertiary/aromatic N) is 2. The summed E-state index contributed by atoms with van der Waals surface area (Å²) in [6.07, 6.45) is 0.162. The van der Waals surface area contributed by atoms with E-state index in [0.29, 0.717) is 17.8 Å². The minimum Gasteiger partial charge on any atom is -0.356 e. The van der Waals surface area contributed by atoms with Crippen molar-refractivity contribution in [1.82, 2.24) is 10.5 Å². The third-order valence-corrected chi connectivity index (χ3v) is 2.61. The predicted molar refractivity (Wildman–Crippen MR) is 65.5 cm³/mol. The van der Waals surface area contributed by atoms with E-state index in [1.54, 1.807) is 6.92 Å². The molecule has 0 bridgehead atoms. The summed E-state index contributed by atoms with van der Waals surface area (Å²) < 4.78 is 5.11. The van der Waals surface area contributed by atoms with Gasteiger partial charge >= 0.3 is 0 Å². The van der Waals surface area contributed by atoms with Crippen LogP contribution in [-0.4, -0.2) is 17.6 Å². The van der Waals surface area contributed by atoms with Crippen LogP contribution in [0.2, 0.25) is 0 Å². The largest absolute Gasteiger partial charge is 0.356 e. The summed E-state index contributed by atoms with van der Waals surface area (Å²) in [6.45, 7) is 2.11. The van der Waals surface area contributed by atoms with E-state index in [4.69, 9.17) is 9.78 Å². The summed E-state index contributed by atoms with van der Waals surface area (Å²) in [5.74, 6) is -0.348. The molecule has 5 nitrogen and oxygen atoms in total. The molecule has 1 aromatic carbocycles. The molecule has 2 aromatic rings. The van der Waals surface area contributed by atoms with Crippen molar-refractivity contribution in [3.8, 4) is 6.07 Å². The van der Waals surface area contributed by atoms with Crippen LogP contribution in [-0.2, 0) is 11.2 Å². The first-order valence-electron chi connectivity index (χ1n) is 5.70. The van der Waals surface area contributed by atoms with Crippen LogP contribution >= 0.6 is 0 Å². The molecule has 92 valence electrons. The fourth-order valence-electron chi connectivity index (χ4n) is 1.59. The molecule has 0 aliphatic heterocycles. The molecule has 0 radical (unpaired) electrons. The molecule has 18 heavy (non-hydrogen) atoms. The second kappa shape index (κ2) is 5.32. The molecule has 0 aliphatic carbocycles. The van der Waals surface area contributed by atoms with Gasteiger partial charge in [0.2, 0.25) is 5.91 Å². The summed E-state index contributed by atoms with van der Waals surface area (Å²) in [5.41, 5.74) is 1.29. The second-order valence-electron chi connectivity index (χ2n) is 4.14. The summed E-state index contributed by atoms with van der Waals surface area (Å²) in [7, 11) is 0. The van der Waals surface area contributed by atoms with Crippen LogP contribution in [0.3, 0.4) is 0 Å². The van der Waals surface area contributed by atoms with Crippen LogP contribution in [0.4, 0.5) is 0 Å². The number of fused-ring (bicyclic) bond motifs is 1. The molecule has 0 aliphatic rings. The van der Waals surface area contributed by atoms with E-state index in [2.05, 4.69) is 16.5 Å². The molecule has 1 heterocycles. The zero-order valence-electron chi connectivity index (χ0n) is 10.0. The van der Waals surface area contributed by atoms with Crippen molar-refractivity contribution in [2.45, 2.75) is 13.3 Å². The van der Waals surface area contributed by atoms with E-state index < -0.39 is 0 Å². The van der Waals surface area contributed by atoms with E-state index in [1.807, 2.05) is 24.3 Å². The van der Waals surface area contributed by atoms with Crippen molar-refractivity contribution >= 4 is 16.9 Å². The molecule has 1 amide bonds. The van der Waals surface area contributed by atoms with Gasteiger partial charge in [0.05, 0.1) is 18.4 Å². The molecule has 1 N–H and O–H groups in total. The van der Waals surface area contributed by atoms with Gasteiger partial charge in [-0.15, -0.1) is 0 Å². The van der Waals surface area contributed by atoms with Crippen LogP contribution in [0.25, 0.3) is 11.0 Å². The number of para-hydroxylation sites is 1. The number of hydrogen-bond acceptors (Lipinski definition) is 4. The zero-order chi connectivity index (χ0) is 13.0. The third kappa shape index (κ3) is 2.66. The smallest absolute Gasteiger partial charge is 0.226 e. The Kier molecular flexibility index (Phi) is 3.58. The lowest BCUT2D eigenvalue weighted by molar-refractivity contribution is -0.120. The third-order valence-electron chi connectivity index (χ3n) is 2.61. The topological polar surface area (TPSA) is 78.9 Å². The monoisotopic (exact) mass is 243 g/mol. The number of benzene rings is 1. The Balaban J connectivity index is 2.01. The molecule has 0 fully saturated rings. The van der Waals surface area contributed by atoms with Crippen LogP contribution < -0.4 is 5.32 Å². The highest BCUT2D eigenvalue weighted by atomic mass is 16.5. The van der Waals surface area contributed by atoms with Crippen molar-refractivity contribution in [2.24, 2.45) is 5.92 Å². The molecular weight excluding hydrogens is 230 g/mol. The van der Waals surface area contributed by atoms with E-state index in [1.165, 1.54) is 0 Å². The van der Waals surface area contributed by atoms with E-state index in [0.717, 1.165) is 5.39 Å². The van der Waals surface area contributed by atoms with Crippen molar-refractivity contribution in [1.29, 1.82) is 5.26 Å². The van der Waals surface area contributed by atoms with Gasteiger partial charge in [0, 0.05) is 11.9 Å². The van der Waals surface area contributed by atoms with Crippen molar-refractivity contribution in [3.05, 3.63) is 30.0 Å². The standard InChI is InChI=1S/C13H13N3O2/c1-9(7-14)8-15-13(17)6-11-10-4-2-3-5-12(10)18-16-11/h2-5,9H,6,8H2,1H3,(H,15,17). The molecule has 0 saturated carbocycles. The zero-order valence-corrected chi connectivity index (χ0v) is 10.0. The number of carbonyl (C=O) groups excluding carboxylic acids is 1. The maximum absolute atomic E-state index is 11.7. The lowest BCUT2D eigenvalue weighted by Gasteiger charge is -2.04. The summed E-state index contributed by atoms with van der Waals surface area (Å²) in [5, 5.41) is 16.0. The Bertz CT molecular complexity index is 598. The second-order valence-corrected chi connectivity index (χ2v) is 4.14. The quantitative estimate of drug-likeness (QED) is 0.885. The molecule has 1 atom stereocenters. The Labute approximate surface area is 104 Å². The van der Waals surface area contributed by atoms with Gasteiger partial charge in [0.1, 0.15) is 5.69 Å². The average Bonchev–Trinajstić information content (AvgIpc) is 2.79. The Hall–Kier alpha value is -2.35. The van der Waals surface area contributed by atoms with Gasteiger partial charge in [-0.3, -0.25) is 4.79 Å². The van der Waals surface area contributed by atoms with E-state index in [-0.39, 0.29) is 18.2 Å². The first-order chi connectivity index (χ1) is 8.70. The Morgan fingerprint density at radius 3 is 3.11 bits per heavy atom. The van der Waals surface area contributed by atoms with Gasteiger partial charge in [0.25, 0.3) is 0 Å². The number of aromatic nitrogens is 1. The highest BCUT2D eigenvalue weighted by molar-refractivity contribution is 5.86. The minimum absolute atomic E-state index is 0.156. The number of carbonyl (C=O) groups is 1. The SMILES string of the molecule is CC(C#N)CNC(=O)Cc1noc2ccccc12. The predicted octanol–water partition coefficient (Wildman–Crippen LogP) is 1.65. The first kappa shape index (κ1) is 12.1. The first-order valence-corrected chi connectivity index (χ1v) is 5.70. The van der Waals surface area contributed by atoms with E-state index >= 15 is 0 Å². The highest BCUT2D eigenvalue weighted by Gasteiger charge is 2.12. The highest BCUT2D eigenvalue weighted by Crippen LogP contribution is 2.17. The lowest BCUT2D eigenvalue weighted by atomic mass is 10.1. The number of hydrogen-bond donors (Lipinski definition) is 1. The van der Waals surface area contributed by atoms with Gasteiger partial charge in [-0.05, 0) is 19.1 Å². The van der Waals surface area contributed by atoms with Crippen molar-refractivity contribution < 1.29 is 9.32 Å². The number of nitriles is 1. The molecule has 5 heteroatoms. The summed E-state index contributed by atoms with van der Waals surface area (Å²) in [4.78, 5) is 11.7. The lowest BCUT2D eigenvalue weighted by Crippen LogP contribution is -2.29. The minimum atomic E-state index is -0.192. The maximum Gasteiger partial charge on any atom is 0.226 e. The van der Waals surface area contributed by atoms with Gasteiger partial charge < -0.3 is 9.84 Å². The van der Waals surface area contributed by atoms with Crippen LogP contribution in [0.1, 0.15) is 12.6 Å². The fourth-order valence-corrected chi connectivity index (χ4v) is 1.59. The Morgan fingerprint density at radius 1 is 1.56 bits per heavy atom. The van der Waals surface area contributed by atoms with Gasteiger partial charge in [0.15, 0.2) is 5.58 Å². The molecule has 0 saturated heterocycles. The van der Waals surface area contributed by atoms with Crippen LogP contribution in [0.5, 0.6) is 0 Å². The summed E-state index contributed by atoms with van der Waals surface area (Å²) in [6, 6.07) is 9.46. The van der Waals surface area contributed by atoms with Gasteiger partial charge in [-0.1, -0.05) is 17.3 Å². The molecule has 0 spiro atoms. The molecular formula is C13H13N3O2. The number of rotatable bonds is 4. The normalized spacial score (nSPS) is 12.0. The van der Waals surface area contributed by atoms with Gasteiger partial charge in [-0.2, -0.15) is 5.26 Å². The summed E-state index contributed by atoms with van der Waals surface area (Å²) >= 11 is 0. The van der Waals surface area contributed by atoms with Crippen molar-refractivity contribution in [3.63, 3.8) is 0 Å². The maximum atomic E-state index is 11.7.